The van der Waals surface area contributed by atoms with Gasteiger partial charge in [0.05, 0.1) is 5.56 Å². The van der Waals surface area contributed by atoms with Crippen molar-refractivity contribution in [1.82, 2.24) is 19.9 Å². The fourth-order valence-corrected chi connectivity index (χ4v) is 2.14. The number of halogens is 1. The van der Waals surface area contributed by atoms with Crippen LogP contribution in [0.1, 0.15) is 17.3 Å². The van der Waals surface area contributed by atoms with Crippen LogP contribution in [0.15, 0.2) is 42.6 Å². The molecule has 21 heavy (non-hydrogen) atoms. The Morgan fingerprint density at radius 2 is 2.00 bits per heavy atom. The lowest BCUT2D eigenvalue weighted by Crippen LogP contribution is -2.23. The van der Waals surface area contributed by atoms with Gasteiger partial charge in [-0.1, -0.05) is 0 Å². The number of pyridine rings is 1. The third kappa shape index (κ3) is 2.35. The smallest absolute Gasteiger partial charge is 0.255 e. The normalized spacial score (nSPS) is 10.8. The standard InChI is InChI=1S/C15H13FN4O/c1-2-17-15(21)12-4-3-9-20-13(18-19-14(12)20)10-5-7-11(16)8-6-10/h3-9H,2H2,1H3,(H,17,21). The monoisotopic (exact) mass is 284 g/mol. The van der Waals surface area contributed by atoms with Gasteiger partial charge in [-0.3, -0.25) is 9.20 Å². The summed E-state index contributed by atoms with van der Waals surface area (Å²) in [5.41, 5.74) is 1.67. The molecule has 3 rings (SSSR count). The highest BCUT2D eigenvalue weighted by Crippen LogP contribution is 2.20. The lowest BCUT2D eigenvalue weighted by molar-refractivity contribution is 0.0957. The van der Waals surface area contributed by atoms with Crippen LogP contribution in [0.4, 0.5) is 4.39 Å². The van der Waals surface area contributed by atoms with Gasteiger partial charge in [0, 0.05) is 18.3 Å². The Balaban J connectivity index is 2.13. The number of carbonyl (C=O) groups is 1. The number of benzene rings is 1. The molecule has 3 aromatic rings. The first-order chi connectivity index (χ1) is 10.2. The van der Waals surface area contributed by atoms with E-state index in [-0.39, 0.29) is 11.7 Å². The number of hydrogen-bond donors (Lipinski definition) is 1. The molecule has 0 aliphatic carbocycles. The molecule has 2 heterocycles. The minimum absolute atomic E-state index is 0.193. The number of fused-ring (bicyclic) bond motifs is 1. The molecule has 0 bridgehead atoms. The number of carbonyl (C=O) groups excluding carboxylic acids is 1. The Bertz CT molecular complexity index is 795. The Hall–Kier alpha value is -2.76. The van der Waals surface area contributed by atoms with E-state index in [1.807, 2.05) is 6.92 Å². The van der Waals surface area contributed by atoms with Gasteiger partial charge in [-0.25, -0.2) is 4.39 Å². The Labute approximate surface area is 120 Å². The van der Waals surface area contributed by atoms with Gasteiger partial charge in [-0.05, 0) is 43.3 Å². The topological polar surface area (TPSA) is 59.3 Å². The molecular weight excluding hydrogens is 271 g/mol. The molecule has 6 heteroatoms. The van der Waals surface area contributed by atoms with Gasteiger partial charge >= 0.3 is 0 Å². The lowest BCUT2D eigenvalue weighted by atomic mass is 10.2. The maximum Gasteiger partial charge on any atom is 0.255 e. The van der Waals surface area contributed by atoms with E-state index in [1.54, 1.807) is 34.9 Å². The summed E-state index contributed by atoms with van der Waals surface area (Å²) < 4.78 is 14.7. The van der Waals surface area contributed by atoms with Crippen molar-refractivity contribution in [2.45, 2.75) is 6.92 Å². The molecule has 1 amide bonds. The quantitative estimate of drug-likeness (QED) is 0.802. The Morgan fingerprint density at radius 3 is 2.71 bits per heavy atom. The highest BCUT2D eigenvalue weighted by Gasteiger charge is 2.15. The second-order valence-corrected chi connectivity index (χ2v) is 4.51. The lowest BCUT2D eigenvalue weighted by Gasteiger charge is -2.04. The molecule has 5 nitrogen and oxygen atoms in total. The van der Waals surface area contributed by atoms with E-state index in [2.05, 4.69) is 15.5 Å². The molecule has 0 atom stereocenters. The van der Waals surface area contributed by atoms with Gasteiger partial charge < -0.3 is 5.32 Å². The number of nitrogens with one attached hydrogen (secondary N) is 1. The molecule has 0 spiro atoms. The highest BCUT2D eigenvalue weighted by atomic mass is 19.1. The highest BCUT2D eigenvalue weighted by molar-refractivity contribution is 5.99. The van der Waals surface area contributed by atoms with E-state index in [0.717, 1.165) is 5.56 Å². The summed E-state index contributed by atoms with van der Waals surface area (Å²) >= 11 is 0. The Morgan fingerprint density at radius 1 is 1.24 bits per heavy atom. The molecule has 0 saturated carbocycles. The van der Waals surface area contributed by atoms with Crippen molar-refractivity contribution in [3.05, 3.63) is 54.0 Å². The summed E-state index contributed by atoms with van der Waals surface area (Å²) in [5.74, 6) is 0.0629. The molecule has 0 aliphatic heterocycles. The van der Waals surface area contributed by atoms with E-state index in [1.165, 1.54) is 12.1 Å². The zero-order valence-corrected chi connectivity index (χ0v) is 11.4. The van der Waals surface area contributed by atoms with Crippen molar-refractivity contribution in [2.24, 2.45) is 0 Å². The number of aromatic nitrogens is 3. The van der Waals surface area contributed by atoms with Crippen LogP contribution in [0.25, 0.3) is 17.0 Å². The van der Waals surface area contributed by atoms with Crippen molar-refractivity contribution < 1.29 is 9.18 Å². The fraction of sp³-hybridized carbons (Fsp3) is 0.133. The van der Waals surface area contributed by atoms with E-state index in [9.17, 15) is 9.18 Å². The summed E-state index contributed by atoms with van der Waals surface area (Å²) in [6, 6.07) is 9.45. The first-order valence-corrected chi connectivity index (χ1v) is 6.58. The van der Waals surface area contributed by atoms with Gasteiger partial charge in [-0.2, -0.15) is 0 Å². The van der Waals surface area contributed by atoms with Crippen LogP contribution in [-0.4, -0.2) is 27.0 Å². The summed E-state index contributed by atoms with van der Waals surface area (Å²) in [4.78, 5) is 12.0. The van der Waals surface area contributed by atoms with Gasteiger partial charge in [-0.15, -0.1) is 10.2 Å². The molecule has 0 aliphatic rings. The van der Waals surface area contributed by atoms with Crippen LogP contribution in [-0.2, 0) is 0 Å². The summed E-state index contributed by atoms with van der Waals surface area (Å²) in [5, 5.41) is 10.9. The molecular formula is C15H13FN4O. The van der Waals surface area contributed by atoms with Crippen molar-refractivity contribution in [3.8, 4) is 11.4 Å². The molecule has 1 N–H and O–H groups in total. The third-order valence-corrected chi connectivity index (χ3v) is 3.12. The van der Waals surface area contributed by atoms with E-state index in [4.69, 9.17) is 0 Å². The van der Waals surface area contributed by atoms with Gasteiger partial charge in [0.2, 0.25) is 0 Å². The molecule has 2 aromatic heterocycles. The molecule has 0 fully saturated rings. The minimum atomic E-state index is -0.310. The second kappa shape index (κ2) is 5.32. The summed E-state index contributed by atoms with van der Waals surface area (Å²) in [7, 11) is 0. The van der Waals surface area contributed by atoms with Crippen molar-refractivity contribution in [3.63, 3.8) is 0 Å². The van der Waals surface area contributed by atoms with E-state index in [0.29, 0.717) is 23.6 Å². The maximum absolute atomic E-state index is 13.0. The van der Waals surface area contributed by atoms with Gasteiger partial charge in [0.15, 0.2) is 11.5 Å². The van der Waals surface area contributed by atoms with Crippen LogP contribution < -0.4 is 5.32 Å². The van der Waals surface area contributed by atoms with E-state index >= 15 is 0 Å². The van der Waals surface area contributed by atoms with Crippen molar-refractivity contribution >= 4 is 11.6 Å². The molecule has 0 saturated heterocycles. The largest absolute Gasteiger partial charge is 0.352 e. The third-order valence-electron chi connectivity index (χ3n) is 3.12. The first kappa shape index (κ1) is 13.2. The molecule has 1 aromatic carbocycles. The molecule has 0 radical (unpaired) electrons. The fourth-order valence-electron chi connectivity index (χ4n) is 2.14. The van der Waals surface area contributed by atoms with Crippen LogP contribution in [0.2, 0.25) is 0 Å². The number of hydrogen-bond acceptors (Lipinski definition) is 3. The number of nitrogens with zero attached hydrogens (tertiary/aromatic N) is 3. The summed E-state index contributed by atoms with van der Waals surface area (Å²) in [6.45, 7) is 2.39. The van der Waals surface area contributed by atoms with Gasteiger partial charge in [0.25, 0.3) is 5.91 Å². The van der Waals surface area contributed by atoms with Crippen LogP contribution in [0, 0.1) is 5.82 Å². The number of rotatable bonds is 3. The van der Waals surface area contributed by atoms with Crippen LogP contribution >= 0.6 is 0 Å². The SMILES string of the molecule is CCNC(=O)c1cccn2c(-c3ccc(F)cc3)nnc12. The predicted molar refractivity (Wildman–Crippen MR) is 76.4 cm³/mol. The van der Waals surface area contributed by atoms with Crippen molar-refractivity contribution in [1.29, 1.82) is 0 Å². The Kier molecular flexibility index (Phi) is 3.35. The zero-order chi connectivity index (χ0) is 14.8. The second-order valence-electron chi connectivity index (χ2n) is 4.51. The molecule has 0 unspecified atom stereocenters. The predicted octanol–water partition coefficient (Wildman–Crippen LogP) is 2.29. The number of amides is 1. The maximum atomic E-state index is 13.0. The first-order valence-electron chi connectivity index (χ1n) is 6.58. The molecule has 106 valence electrons. The average Bonchev–Trinajstić information content (AvgIpc) is 2.92. The summed E-state index contributed by atoms with van der Waals surface area (Å²) in [6.07, 6.45) is 1.77. The zero-order valence-electron chi connectivity index (χ0n) is 11.4. The van der Waals surface area contributed by atoms with Crippen molar-refractivity contribution in [2.75, 3.05) is 6.54 Å². The van der Waals surface area contributed by atoms with Crippen LogP contribution in [0.3, 0.4) is 0 Å². The van der Waals surface area contributed by atoms with Crippen LogP contribution in [0.5, 0.6) is 0 Å². The van der Waals surface area contributed by atoms with E-state index < -0.39 is 0 Å². The van der Waals surface area contributed by atoms with Gasteiger partial charge in [0.1, 0.15) is 5.82 Å². The minimum Gasteiger partial charge on any atom is -0.352 e. The average molecular weight is 284 g/mol.